The summed E-state index contributed by atoms with van der Waals surface area (Å²) in [4.78, 5) is 10.6. The number of carboxylic acid groups (broad SMARTS) is 1. The number of carbonyl (C=O) groups is 1. The number of hydrogen-bond donors (Lipinski definition) is 3. The molecular weight excluding hydrogens is 464 g/mol. The van der Waals surface area contributed by atoms with Crippen LogP contribution in [0.15, 0.2) is 60.4 Å². The van der Waals surface area contributed by atoms with E-state index in [1.165, 1.54) is 34.4 Å². The van der Waals surface area contributed by atoms with E-state index in [4.69, 9.17) is 9.84 Å². The zero-order valence-corrected chi connectivity index (χ0v) is 23.5. The van der Waals surface area contributed by atoms with Crippen LogP contribution in [0.4, 0.5) is 0 Å². The van der Waals surface area contributed by atoms with Gasteiger partial charge in [0.25, 0.3) is 0 Å². The number of aliphatic hydroxyl groups is 2. The SMILES string of the molecule is CCC(CC)(c1ccc(CCC(O)C(C)(C)C)c(C)c1)c1ccc(OC/C(O)=C/C=C/C(=O)O)c(C)c1. The molecule has 0 bridgehead atoms. The molecule has 0 saturated carbocycles. The van der Waals surface area contributed by atoms with E-state index >= 15 is 0 Å². The molecule has 0 heterocycles. The van der Waals surface area contributed by atoms with Crippen LogP contribution in [-0.2, 0) is 16.6 Å². The fraction of sp³-hybridized carbons (Fsp3) is 0.469. The first-order chi connectivity index (χ1) is 17.3. The maximum absolute atomic E-state index is 10.6. The van der Waals surface area contributed by atoms with Gasteiger partial charge in [-0.1, -0.05) is 71.0 Å². The Morgan fingerprint density at radius 2 is 1.57 bits per heavy atom. The first-order valence-electron chi connectivity index (χ1n) is 13.1. The summed E-state index contributed by atoms with van der Waals surface area (Å²) in [5.41, 5.74) is 5.76. The van der Waals surface area contributed by atoms with Gasteiger partial charge in [-0.3, -0.25) is 0 Å². The fourth-order valence-corrected chi connectivity index (χ4v) is 4.78. The van der Waals surface area contributed by atoms with Crippen molar-refractivity contribution in [3.63, 3.8) is 0 Å². The predicted octanol–water partition coefficient (Wildman–Crippen LogP) is 7.21. The van der Waals surface area contributed by atoms with Gasteiger partial charge in [-0.05, 0) is 84.9 Å². The van der Waals surface area contributed by atoms with Crippen molar-refractivity contribution in [2.75, 3.05) is 6.61 Å². The van der Waals surface area contributed by atoms with Gasteiger partial charge in [0.1, 0.15) is 18.1 Å². The van der Waals surface area contributed by atoms with E-state index in [1.54, 1.807) is 0 Å². The molecular formula is C32H44O5. The van der Waals surface area contributed by atoms with E-state index in [-0.39, 0.29) is 29.3 Å². The average molecular weight is 509 g/mol. The van der Waals surface area contributed by atoms with E-state index in [0.29, 0.717) is 5.75 Å². The summed E-state index contributed by atoms with van der Waals surface area (Å²) in [5.74, 6) is -0.449. The van der Waals surface area contributed by atoms with Crippen LogP contribution in [-0.4, -0.2) is 34.0 Å². The minimum atomic E-state index is -1.07. The first kappa shape index (κ1) is 30.2. The lowest BCUT2D eigenvalue weighted by Gasteiger charge is -2.34. The van der Waals surface area contributed by atoms with Crippen molar-refractivity contribution in [3.8, 4) is 5.75 Å². The Hall–Kier alpha value is -3.05. The van der Waals surface area contributed by atoms with E-state index in [1.807, 2.05) is 13.0 Å². The van der Waals surface area contributed by atoms with E-state index < -0.39 is 5.97 Å². The van der Waals surface area contributed by atoms with Gasteiger partial charge in [0, 0.05) is 11.5 Å². The summed E-state index contributed by atoms with van der Waals surface area (Å²) in [6, 6.07) is 13.0. The largest absolute Gasteiger partial charge is 0.509 e. The van der Waals surface area contributed by atoms with Gasteiger partial charge in [0.2, 0.25) is 0 Å². The Bertz CT molecular complexity index is 1120. The Morgan fingerprint density at radius 3 is 2.08 bits per heavy atom. The zero-order valence-electron chi connectivity index (χ0n) is 23.5. The second-order valence-electron chi connectivity index (χ2n) is 11.0. The molecule has 0 amide bonds. The molecule has 0 spiro atoms. The molecule has 2 rings (SSSR count). The molecule has 202 valence electrons. The maximum Gasteiger partial charge on any atom is 0.328 e. The predicted molar refractivity (Wildman–Crippen MR) is 150 cm³/mol. The molecule has 0 aromatic heterocycles. The van der Waals surface area contributed by atoms with Crippen molar-refractivity contribution >= 4 is 5.97 Å². The molecule has 5 nitrogen and oxygen atoms in total. The number of rotatable bonds is 12. The zero-order chi connectivity index (χ0) is 27.8. The molecule has 0 saturated heterocycles. The fourth-order valence-electron chi connectivity index (χ4n) is 4.78. The highest BCUT2D eigenvalue weighted by Gasteiger charge is 2.31. The molecule has 5 heteroatoms. The second kappa shape index (κ2) is 13.0. The highest BCUT2D eigenvalue weighted by molar-refractivity contribution is 5.80. The molecule has 0 aliphatic heterocycles. The molecule has 2 aromatic carbocycles. The van der Waals surface area contributed by atoms with Crippen molar-refractivity contribution in [2.45, 2.75) is 85.7 Å². The third-order valence-electron chi connectivity index (χ3n) is 7.42. The second-order valence-corrected chi connectivity index (χ2v) is 11.0. The molecule has 0 fully saturated rings. The van der Waals surface area contributed by atoms with E-state index in [9.17, 15) is 15.0 Å². The molecule has 3 N–H and O–H groups in total. The average Bonchev–Trinajstić information content (AvgIpc) is 2.83. The highest BCUT2D eigenvalue weighted by atomic mass is 16.5. The summed E-state index contributed by atoms with van der Waals surface area (Å²) >= 11 is 0. The van der Waals surface area contributed by atoms with Gasteiger partial charge in [0.05, 0.1) is 6.10 Å². The van der Waals surface area contributed by atoms with Crippen LogP contribution in [0.1, 0.15) is 81.7 Å². The number of aliphatic hydroxyl groups excluding tert-OH is 2. The molecule has 37 heavy (non-hydrogen) atoms. The van der Waals surface area contributed by atoms with Crippen molar-refractivity contribution in [3.05, 3.63) is 88.2 Å². The molecule has 2 aromatic rings. The minimum Gasteiger partial charge on any atom is -0.509 e. The standard InChI is InChI=1S/C32H44O5/c1-8-32(9-2,25-15-13-24(22(3)19-25)14-18-29(34)31(5,6)7)26-16-17-28(23(4)20-26)37-21-27(33)11-10-12-30(35)36/h10-13,15-17,19-20,29,33-34H,8-9,14,18,21H2,1-7H3,(H,35,36)/b12-10+,27-11-. The smallest absolute Gasteiger partial charge is 0.328 e. The van der Waals surface area contributed by atoms with Crippen LogP contribution < -0.4 is 4.74 Å². The number of hydrogen-bond acceptors (Lipinski definition) is 4. The van der Waals surface area contributed by atoms with Crippen LogP contribution >= 0.6 is 0 Å². The normalized spacial score (nSPS) is 13.7. The van der Waals surface area contributed by atoms with Gasteiger partial charge >= 0.3 is 5.97 Å². The van der Waals surface area contributed by atoms with E-state index in [0.717, 1.165) is 37.3 Å². The number of ether oxygens (including phenoxy) is 1. The van der Waals surface area contributed by atoms with Crippen molar-refractivity contribution in [2.24, 2.45) is 5.41 Å². The van der Waals surface area contributed by atoms with E-state index in [2.05, 4.69) is 71.9 Å². The lowest BCUT2D eigenvalue weighted by molar-refractivity contribution is -0.131. The van der Waals surface area contributed by atoms with Gasteiger partial charge in [-0.25, -0.2) is 4.79 Å². The molecule has 0 aliphatic rings. The summed E-state index contributed by atoms with van der Waals surface area (Å²) < 4.78 is 5.78. The third-order valence-corrected chi connectivity index (χ3v) is 7.42. The van der Waals surface area contributed by atoms with Crippen LogP contribution in [0.3, 0.4) is 0 Å². The van der Waals surface area contributed by atoms with Crippen LogP contribution in [0.2, 0.25) is 0 Å². The topological polar surface area (TPSA) is 87.0 Å². The highest BCUT2D eigenvalue weighted by Crippen LogP contribution is 2.41. The third kappa shape index (κ3) is 7.96. The maximum atomic E-state index is 10.6. The minimum absolute atomic E-state index is 0.0403. The first-order valence-corrected chi connectivity index (χ1v) is 13.1. The Morgan fingerprint density at radius 1 is 0.973 bits per heavy atom. The Labute approximate surface area is 222 Å². The molecule has 1 atom stereocenters. The number of carboxylic acids is 1. The molecule has 0 aliphatic carbocycles. The van der Waals surface area contributed by atoms with Gasteiger partial charge in [-0.2, -0.15) is 0 Å². The summed E-state index contributed by atoms with van der Waals surface area (Å²) in [7, 11) is 0. The van der Waals surface area contributed by atoms with Crippen molar-refractivity contribution < 1.29 is 24.9 Å². The Balaban J connectivity index is 2.26. The van der Waals surface area contributed by atoms with Crippen molar-refractivity contribution in [1.29, 1.82) is 0 Å². The van der Waals surface area contributed by atoms with Crippen molar-refractivity contribution in [1.82, 2.24) is 0 Å². The lowest BCUT2D eigenvalue weighted by atomic mass is 9.69. The summed E-state index contributed by atoms with van der Waals surface area (Å²) in [6.45, 7) is 14.8. The number of aliphatic carboxylic acids is 1. The molecule has 1 unspecified atom stereocenters. The molecule has 0 radical (unpaired) electrons. The van der Waals surface area contributed by atoms with Crippen LogP contribution in [0, 0.1) is 19.3 Å². The number of benzene rings is 2. The van der Waals surface area contributed by atoms with Gasteiger partial charge < -0.3 is 20.1 Å². The number of allylic oxidation sites excluding steroid dienone is 2. The van der Waals surface area contributed by atoms with Crippen LogP contribution in [0.5, 0.6) is 5.75 Å². The quantitative estimate of drug-likeness (QED) is 0.160. The summed E-state index contributed by atoms with van der Waals surface area (Å²) in [6.07, 6.45) is 6.70. The van der Waals surface area contributed by atoms with Gasteiger partial charge in [0.15, 0.2) is 0 Å². The van der Waals surface area contributed by atoms with Gasteiger partial charge in [-0.15, -0.1) is 0 Å². The number of aryl methyl sites for hydroxylation is 3. The monoisotopic (exact) mass is 508 g/mol. The van der Waals surface area contributed by atoms with Crippen LogP contribution in [0.25, 0.3) is 0 Å². The summed E-state index contributed by atoms with van der Waals surface area (Å²) in [5, 5.41) is 29.1. The lowest BCUT2D eigenvalue weighted by Crippen LogP contribution is -2.27. The Kier molecular flexibility index (Phi) is 10.6.